The summed E-state index contributed by atoms with van der Waals surface area (Å²) in [6.07, 6.45) is 1.08. The monoisotopic (exact) mass is 269 g/mol. The number of anilines is 1. The van der Waals surface area contributed by atoms with Gasteiger partial charge >= 0.3 is 0 Å². The molecule has 2 unspecified atom stereocenters. The number of hydrogen-bond donors (Lipinski definition) is 1. The third kappa shape index (κ3) is 2.00. The summed E-state index contributed by atoms with van der Waals surface area (Å²) in [6, 6.07) is 5.54. The number of aliphatic hydroxyl groups is 1. The van der Waals surface area contributed by atoms with Crippen LogP contribution in [0.4, 0.5) is 5.69 Å². The highest BCUT2D eigenvalue weighted by atomic mass is 16.3. The molecule has 0 radical (unpaired) electrons. The van der Waals surface area contributed by atoms with E-state index in [0.29, 0.717) is 24.1 Å². The number of imide groups is 1. The number of rotatable bonds is 2. The lowest BCUT2D eigenvalue weighted by molar-refractivity contribution is -0.123. The number of nitrogens with zero attached hydrogens (tertiary/aromatic N) is 1. The van der Waals surface area contributed by atoms with Crippen LogP contribution in [0.15, 0.2) is 18.2 Å². The molecule has 0 aromatic heterocycles. The number of carbonyl (C=O) groups excluding carboxylic acids is 2. The number of fused-ring (bicyclic) bond motifs is 1. The fourth-order valence-electron chi connectivity index (χ4n) is 2.56. The van der Waals surface area contributed by atoms with E-state index in [-0.39, 0.29) is 30.3 Å². The van der Waals surface area contributed by atoms with E-state index in [2.05, 4.69) is 11.8 Å². The van der Waals surface area contributed by atoms with Crippen molar-refractivity contribution in [2.45, 2.75) is 19.8 Å². The van der Waals surface area contributed by atoms with Gasteiger partial charge in [0.1, 0.15) is 0 Å². The number of carbonyl (C=O) groups is 2. The third-order valence-corrected chi connectivity index (χ3v) is 3.72. The highest BCUT2D eigenvalue weighted by Gasteiger charge is 2.59. The van der Waals surface area contributed by atoms with E-state index in [4.69, 9.17) is 5.11 Å². The highest BCUT2D eigenvalue weighted by molar-refractivity contribution is 6.25. The van der Waals surface area contributed by atoms with Gasteiger partial charge in [0, 0.05) is 12.0 Å². The standard InChI is InChI=1S/C16H15NO3/c1-10-5-6-11(4-2-3-7-18)14(8-10)17-15(19)12-9-13(12)16(17)20/h5-6,8,12-13,18H,3,7,9H2,1H3. The van der Waals surface area contributed by atoms with Crippen molar-refractivity contribution >= 4 is 17.5 Å². The Morgan fingerprint density at radius 1 is 1.30 bits per heavy atom. The average molecular weight is 269 g/mol. The van der Waals surface area contributed by atoms with Crippen molar-refractivity contribution in [3.63, 3.8) is 0 Å². The number of piperidine rings is 1. The SMILES string of the molecule is Cc1ccc(C#CCCO)c(N2C(=O)C3CC3C2=O)c1. The van der Waals surface area contributed by atoms with Crippen LogP contribution in [-0.2, 0) is 9.59 Å². The van der Waals surface area contributed by atoms with Crippen LogP contribution in [0, 0.1) is 30.6 Å². The van der Waals surface area contributed by atoms with E-state index in [1.807, 2.05) is 25.1 Å². The van der Waals surface area contributed by atoms with E-state index in [0.717, 1.165) is 5.56 Å². The minimum absolute atomic E-state index is 0.0000811. The van der Waals surface area contributed by atoms with Crippen molar-refractivity contribution in [2.75, 3.05) is 11.5 Å². The molecule has 1 saturated carbocycles. The maximum atomic E-state index is 12.2. The number of aliphatic hydroxyl groups excluding tert-OH is 1. The molecular formula is C16H15NO3. The van der Waals surface area contributed by atoms with Gasteiger partial charge in [-0.25, -0.2) is 4.90 Å². The first-order valence-corrected chi connectivity index (χ1v) is 6.71. The molecule has 1 saturated heterocycles. The molecule has 3 rings (SSSR count). The first kappa shape index (κ1) is 12.9. The Kier molecular flexibility index (Phi) is 3.07. The maximum Gasteiger partial charge on any atom is 0.237 e. The number of benzene rings is 1. The van der Waals surface area contributed by atoms with Crippen LogP contribution in [0.3, 0.4) is 0 Å². The van der Waals surface area contributed by atoms with Crippen molar-refractivity contribution in [1.82, 2.24) is 0 Å². The molecule has 2 atom stereocenters. The summed E-state index contributed by atoms with van der Waals surface area (Å²) in [6.45, 7) is 1.92. The van der Waals surface area contributed by atoms with Crippen LogP contribution in [-0.4, -0.2) is 23.5 Å². The summed E-state index contributed by atoms with van der Waals surface area (Å²) in [4.78, 5) is 25.6. The van der Waals surface area contributed by atoms with Crippen LogP contribution < -0.4 is 4.90 Å². The van der Waals surface area contributed by atoms with Crippen molar-refractivity contribution < 1.29 is 14.7 Å². The highest BCUT2D eigenvalue weighted by Crippen LogP contribution is 2.48. The van der Waals surface area contributed by atoms with Crippen LogP contribution in [0.2, 0.25) is 0 Å². The molecule has 2 amide bonds. The quantitative estimate of drug-likeness (QED) is 0.649. The average Bonchev–Trinajstić information content (AvgIpc) is 3.17. The molecule has 0 spiro atoms. The molecule has 2 fully saturated rings. The topological polar surface area (TPSA) is 57.6 Å². The minimum Gasteiger partial charge on any atom is -0.395 e. The van der Waals surface area contributed by atoms with Crippen molar-refractivity contribution in [2.24, 2.45) is 11.8 Å². The van der Waals surface area contributed by atoms with Gasteiger partial charge in [0.05, 0.1) is 24.1 Å². The number of aryl methyl sites for hydroxylation is 1. The van der Waals surface area contributed by atoms with Gasteiger partial charge in [0.25, 0.3) is 0 Å². The van der Waals surface area contributed by atoms with Crippen molar-refractivity contribution in [1.29, 1.82) is 0 Å². The Balaban J connectivity index is 2.00. The molecule has 20 heavy (non-hydrogen) atoms. The second-order valence-corrected chi connectivity index (χ2v) is 5.26. The van der Waals surface area contributed by atoms with Gasteiger partial charge in [0.2, 0.25) is 11.8 Å². The second-order valence-electron chi connectivity index (χ2n) is 5.26. The summed E-state index contributed by atoms with van der Waals surface area (Å²) in [5.74, 6) is 5.35. The predicted molar refractivity (Wildman–Crippen MR) is 73.8 cm³/mol. The molecule has 0 bridgehead atoms. The Labute approximate surface area is 117 Å². The summed E-state index contributed by atoms with van der Waals surface area (Å²) in [7, 11) is 0. The Morgan fingerprint density at radius 2 is 2.00 bits per heavy atom. The largest absolute Gasteiger partial charge is 0.395 e. The van der Waals surface area contributed by atoms with E-state index < -0.39 is 0 Å². The predicted octanol–water partition coefficient (Wildman–Crippen LogP) is 1.24. The normalized spacial score (nSPS) is 23.4. The van der Waals surface area contributed by atoms with Gasteiger partial charge in [-0.2, -0.15) is 0 Å². The molecule has 1 aromatic carbocycles. The number of hydrogen-bond acceptors (Lipinski definition) is 3. The molecule has 2 aliphatic rings. The van der Waals surface area contributed by atoms with Crippen LogP contribution in [0.25, 0.3) is 0 Å². The summed E-state index contributed by atoms with van der Waals surface area (Å²) >= 11 is 0. The van der Waals surface area contributed by atoms with Gasteiger partial charge < -0.3 is 5.11 Å². The molecule has 4 heteroatoms. The third-order valence-electron chi connectivity index (χ3n) is 3.72. The summed E-state index contributed by atoms with van der Waals surface area (Å²) in [5, 5.41) is 8.77. The first-order chi connectivity index (χ1) is 9.63. The summed E-state index contributed by atoms with van der Waals surface area (Å²) < 4.78 is 0. The lowest BCUT2D eigenvalue weighted by Gasteiger charge is -2.18. The zero-order chi connectivity index (χ0) is 14.3. The molecule has 1 N–H and O–H groups in total. The van der Waals surface area contributed by atoms with E-state index in [1.165, 1.54) is 4.90 Å². The van der Waals surface area contributed by atoms with Gasteiger partial charge in [0.15, 0.2) is 0 Å². The minimum atomic E-state index is -0.110. The molecule has 1 aliphatic carbocycles. The molecule has 1 aliphatic heterocycles. The first-order valence-electron chi connectivity index (χ1n) is 6.71. The van der Waals surface area contributed by atoms with E-state index in [1.54, 1.807) is 0 Å². The maximum absolute atomic E-state index is 12.2. The smallest absolute Gasteiger partial charge is 0.237 e. The second kappa shape index (κ2) is 4.77. The van der Waals surface area contributed by atoms with Crippen LogP contribution in [0.5, 0.6) is 0 Å². The van der Waals surface area contributed by atoms with Gasteiger partial charge in [-0.15, -0.1) is 0 Å². The fraction of sp³-hybridized carbons (Fsp3) is 0.375. The Hall–Kier alpha value is -2.12. The van der Waals surface area contributed by atoms with E-state index in [9.17, 15) is 9.59 Å². The molecule has 1 heterocycles. The van der Waals surface area contributed by atoms with Gasteiger partial charge in [-0.05, 0) is 31.0 Å². The molecule has 1 aromatic rings. The van der Waals surface area contributed by atoms with Crippen LogP contribution in [0.1, 0.15) is 24.0 Å². The van der Waals surface area contributed by atoms with E-state index >= 15 is 0 Å². The zero-order valence-electron chi connectivity index (χ0n) is 11.2. The molecular weight excluding hydrogens is 254 g/mol. The Bertz CT molecular complexity index is 633. The number of amides is 2. The molecule has 4 nitrogen and oxygen atoms in total. The fourth-order valence-corrected chi connectivity index (χ4v) is 2.56. The van der Waals surface area contributed by atoms with Gasteiger partial charge in [-0.1, -0.05) is 17.9 Å². The lowest BCUT2D eigenvalue weighted by atomic mass is 10.1. The van der Waals surface area contributed by atoms with Crippen molar-refractivity contribution in [3.05, 3.63) is 29.3 Å². The van der Waals surface area contributed by atoms with Crippen LogP contribution >= 0.6 is 0 Å². The lowest BCUT2D eigenvalue weighted by Crippen LogP contribution is -2.33. The summed E-state index contributed by atoms with van der Waals surface area (Å²) in [5.41, 5.74) is 2.22. The van der Waals surface area contributed by atoms with Crippen molar-refractivity contribution in [3.8, 4) is 11.8 Å². The zero-order valence-corrected chi connectivity index (χ0v) is 11.2. The Morgan fingerprint density at radius 3 is 2.65 bits per heavy atom. The van der Waals surface area contributed by atoms with Gasteiger partial charge in [-0.3, -0.25) is 9.59 Å². The molecule has 102 valence electrons.